The predicted octanol–water partition coefficient (Wildman–Crippen LogP) is 2.97. The standard InChI is InChI=1S/C12H27NO/c1-5-8-9-12(6-2)13-11(4)10-14-7-3/h11-13H,5-10H2,1-4H3. The first-order chi connectivity index (χ1) is 6.74. The van der Waals surface area contributed by atoms with Crippen LogP contribution in [0.25, 0.3) is 0 Å². The highest BCUT2D eigenvalue weighted by molar-refractivity contribution is 4.69. The topological polar surface area (TPSA) is 21.3 Å². The molecule has 0 aromatic rings. The summed E-state index contributed by atoms with van der Waals surface area (Å²) in [6.07, 6.45) is 5.13. The van der Waals surface area contributed by atoms with Crippen LogP contribution >= 0.6 is 0 Å². The Morgan fingerprint density at radius 2 is 1.93 bits per heavy atom. The van der Waals surface area contributed by atoms with Crippen molar-refractivity contribution in [2.75, 3.05) is 13.2 Å². The fourth-order valence-corrected chi connectivity index (χ4v) is 1.60. The van der Waals surface area contributed by atoms with Gasteiger partial charge >= 0.3 is 0 Å². The maximum atomic E-state index is 5.38. The van der Waals surface area contributed by atoms with Gasteiger partial charge in [0.05, 0.1) is 6.61 Å². The van der Waals surface area contributed by atoms with Gasteiger partial charge in [-0.3, -0.25) is 0 Å². The molecule has 0 spiro atoms. The summed E-state index contributed by atoms with van der Waals surface area (Å²) >= 11 is 0. The van der Waals surface area contributed by atoms with E-state index in [0.29, 0.717) is 12.1 Å². The molecule has 0 saturated carbocycles. The Morgan fingerprint density at radius 3 is 2.43 bits per heavy atom. The zero-order chi connectivity index (χ0) is 10.8. The third-order valence-corrected chi connectivity index (χ3v) is 2.49. The van der Waals surface area contributed by atoms with E-state index in [1.54, 1.807) is 0 Å². The Bertz CT molecular complexity index is 117. The molecule has 0 aromatic heterocycles. The molecular formula is C12H27NO. The van der Waals surface area contributed by atoms with Crippen LogP contribution in [0.15, 0.2) is 0 Å². The van der Waals surface area contributed by atoms with Gasteiger partial charge < -0.3 is 10.1 Å². The Kier molecular flexibility index (Phi) is 9.42. The minimum atomic E-state index is 0.483. The highest BCUT2D eigenvalue weighted by atomic mass is 16.5. The van der Waals surface area contributed by atoms with E-state index in [1.807, 2.05) is 6.92 Å². The van der Waals surface area contributed by atoms with Crippen molar-refractivity contribution in [1.29, 1.82) is 0 Å². The third-order valence-electron chi connectivity index (χ3n) is 2.49. The second-order valence-corrected chi connectivity index (χ2v) is 3.97. The fourth-order valence-electron chi connectivity index (χ4n) is 1.60. The van der Waals surface area contributed by atoms with Crippen LogP contribution in [-0.4, -0.2) is 25.3 Å². The summed E-state index contributed by atoms with van der Waals surface area (Å²) in [7, 11) is 0. The molecule has 2 atom stereocenters. The Balaban J connectivity index is 3.57. The Labute approximate surface area is 89.4 Å². The second kappa shape index (κ2) is 9.47. The molecule has 0 fully saturated rings. The average molecular weight is 201 g/mol. The molecule has 0 aliphatic carbocycles. The molecule has 1 N–H and O–H groups in total. The lowest BCUT2D eigenvalue weighted by Gasteiger charge is -2.21. The van der Waals surface area contributed by atoms with Crippen LogP contribution in [0.4, 0.5) is 0 Å². The molecule has 0 aliphatic rings. The summed E-state index contributed by atoms with van der Waals surface area (Å²) in [5, 5.41) is 3.61. The van der Waals surface area contributed by atoms with Crippen LogP contribution in [0.2, 0.25) is 0 Å². The smallest absolute Gasteiger partial charge is 0.0616 e. The van der Waals surface area contributed by atoms with E-state index in [-0.39, 0.29) is 0 Å². The van der Waals surface area contributed by atoms with E-state index in [1.165, 1.54) is 25.7 Å². The van der Waals surface area contributed by atoms with E-state index in [0.717, 1.165) is 13.2 Å². The average Bonchev–Trinajstić information content (AvgIpc) is 2.21. The molecule has 0 bridgehead atoms. The first kappa shape index (κ1) is 13.9. The summed E-state index contributed by atoms with van der Waals surface area (Å²) < 4.78 is 5.38. The minimum Gasteiger partial charge on any atom is -0.380 e. The van der Waals surface area contributed by atoms with Crippen molar-refractivity contribution in [3.05, 3.63) is 0 Å². The number of hydrogen-bond donors (Lipinski definition) is 1. The van der Waals surface area contributed by atoms with Crippen molar-refractivity contribution in [3.8, 4) is 0 Å². The quantitative estimate of drug-likeness (QED) is 0.619. The molecule has 0 amide bonds. The highest BCUT2D eigenvalue weighted by Crippen LogP contribution is 2.05. The van der Waals surface area contributed by atoms with Gasteiger partial charge in [0.15, 0.2) is 0 Å². The SMILES string of the molecule is CCCCC(CC)NC(C)COCC. The lowest BCUT2D eigenvalue weighted by Crippen LogP contribution is -2.38. The lowest BCUT2D eigenvalue weighted by molar-refractivity contribution is 0.122. The monoisotopic (exact) mass is 201 g/mol. The summed E-state index contributed by atoms with van der Waals surface area (Å²) in [5.41, 5.74) is 0. The van der Waals surface area contributed by atoms with Gasteiger partial charge in [0.1, 0.15) is 0 Å². The van der Waals surface area contributed by atoms with E-state index in [2.05, 4.69) is 26.1 Å². The molecule has 0 aromatic carbocycles. The van der Waals surface area contributed by atoms with E-state index in [9.17, 15) is 0 Å². The van der Waals surface area contributed by atoms with Gasteiger partial charge in [0, 0.05) is 18.7 Å². The minimum absolute atomic E-state index is 0.483. The number of nitrogens with one attached hydrogen (secondary N) is 1. The number of ether oxygens (including phenoxy) is 1. The van der Waals surface area contributed by atoms with Gasteiger partial charge in [-0.2, -0.15) is 0 Å². The van der Waals surface area contributed by atoms with Crippen molar-refractivity contribution in [3.63, 3.8) is 0 Å². The van der Waals surface area contributed by atoms with E-state index in [4.69, 9.17) is 4.74 Å². The first-order valence-corrected chi connectivity index (χ1v) is 6.08. The maximum Gasteiger partial charge on any atom is 0.0616 e. The van der Waals surface area contributed by atoms with Crippen LogP contribution in [0.5, 0.6) is 0 Å². The molecule has 2 nitrogen and oxygen atoms in total. The van der Waals surface area contributed by atoms with E-state index >= 15 is 0 Å². The normalized spacial score (nSPS) is 15.4. The first-order valence-electron chi connectivity index (χ1n) is 6.08. The molecule has 86 valence electrons. The predicted molar refractivity (Wildman–Crippen MR) is 62.7 cm³/mol. The number of rotatable bonds is 9. The molecule has 0 aliphatic heterocycles. The van der Waals surface area contributed by atoms with Gasteiger partial charge in [-0.05, 0) is 26.7 Å². The molecule has 0 heterocycles. The van der Waals surface area contributed by atoms with Gasteiger partial charge in [-0.15, -0.1) is 0 Å². The second-order valence-electron chi connectivity index (χ2n) is 3.97. The van der Waals surface area contributed by atoms with Crippen molar-refractivity contribution >= 4 is 0 Å². The fraction of sp³-hybridized carbons (Fsp3) is 1.00. The molecule has 0 radical (unpaired) electrons. The third kappa shape index (κ3) is 7.34. The summed E-state index contributed by atoms with van der Waals surface area (Å²) in [4.78, 5) is 0. The van der Waals surface area contributed by atoms with Gasteiger partial charge in [-0.1, -0.05) is 26.7 Å². The van der Waals surface area contributed by atoms with Crippen molar-refractivity contribution in [2.45, 2.75) is 65.5 Å². The van der Waals surface area contributed by atoms with Crippen LogP contribution in [0.1, 0.15) is 53.4 Å². The van der Waals surface area contributed by atoms with E-state index < -0.39 is 0 Å². The zero-order valence-electron chi connectivity index (χ0n) is 10.3. The molecule has 0 rings (SSSR count). The Morgan fingerprint density at radius 1 is 1.21 bits per heavy atom. The Hall–Kier alpha value is -0.0800. The number of hydrogen-bond acceptors (Lipinski definition) is 2. The molecule has 2 heteroatoms. The lowest BCUT2D eigenvalue weighted by atomic mass is 10.1. The van der Waals surface area contributed by atoms with Crippen LogP contribution in [0, 0.1) is 0 Å². The van der Waals surface area contributed by atoms with Gasteiger partial charge in [0.2, 0.25) is 0 Å². The maximum absolute atomic E-state index is 5.38. The summed E-state index contributed by atoms with van der Waals surface area (Å²) in [6, 6.07) is 1.15. The molecule has 0 saturated heterocycles. The van der Waals surface area contributed by atoms with Crippen molar-refractivity contribution in [1.82, 2.24) is 5.32 Å². The van der Waals surface area contributed by atoms with Gasteiger partial charge in [0.25, 0.3) is 0 Å². The summed E-state index contributed by atoms with van der Waals surface area (Å²) in [6.45, 7) is 10.4. The molecule has 2 unspecified atom stereocenters. The number of unbranched alkanes of at least 4 members (excludes halogenated alkanes) is 1. The molecular weight excluding hydrogens is 174 g/mol. The van der Waals surface area contributed by atoms with Crippen molar-refractivity contribution < 1.29 is 4.74 Å². The zero-order valence-corrected chi connectivity index (χ0v) is 10.3. The van der Waals surface area contributed by atoms with Crippen molar-refractivity contribution in [2.24, 2.45) is 0 Å². The van der Waals surface area contributed by atoms with Crippen LogP contribution < -0.4 is 5.32 Å². The highest BCUT2D eigenvalue weighted by Gasteiger charge is 2.09. The molecule has 14 heavy (non-hydrogen) atoms. The van der Waals surface area contributed by atoms with Crippen LogP contribution in [-0.2, 0) is 4.74 Å². The largest absolute Gasteiger partial charge is 0.380 e. The van der Waals surface area contributed by atoms with Crippen LogP contribution in [0.3, 0.4) is 0 Å². The summed E-state index contributed by atoms with van der Waals surface area (Å²) in [5.74, 6) is 0. The van der Waals surface area contributed by atoms with Gasteiger partial charge in [-0.25, -0.2) is 0 Å².